The summed E-state index contributed by atoms with van der Waals surface area (Å²) in [5.41, 5.74) is 1.65. The second-order valence-electron chi connectivity index (χ2n) is 5.95. The molecule has 0 aliphatic heterocycles. The van der Waals surface area contributed by atoms with Crippen molar-refractivity contribution >= 4 is 255 Å². The Labute approximate surface area is 325 Å². The highest BCUT2D eigenvalue weighted by molar-refractivity contribution is 9.40. The molecular weight excluding hydrogens is 1490 g/mol. The zero-order valence-electron chi connectivity index (χ0n) is 14.6. The fourth-order valence-electron chi connectivity index (χ4n) is 2.46. The Morgan fingerprint density at radius 2 is 0.545 bits per heavy atom. The molecule has 1 nitrogen and oxygen atoms in total. The molecule has 2 unspecified atom stereocenters. The largest absolute Gasteiger partial charge is 0.359 e. The van der Waals surface area contributed by atoms with E-state index in [1.807, 2.05) is 0 Å². The molecule has 184 valence electrons. The maximum Gasteiger partial charge on any atom is 0.165 e. The van der Waals surface area contributed by atoms with Crippen molar-refractivity contribution in [2.24, 2.45) is 0 Å². The first-order valence-electron chi connectivity index (χ1n) is 7.65. The monoisotopic (exact) mass is 1470 g/mol. The SMILES string of the molecule is Brc1c(Br)c(Br)c(C(OC(c2c(Br)c(Br)c(Br)c(Br)c2Br)C(Br)(Br)Br)C(Br)(Br)Br)c(Br)c1Br. The molecule has 2 rings (SSSR count). The van der Waals surface area contributed by atoms with E-state index in [0.717, 1.165) is 55.9 Å². The predicted molar refractivity (Wildman–Crippen MR) is 195 cm³/mol. The van der Waals surface area contributed by atoms with Crippen LogP contribution in [0, 0.1) is 0 Å². The van der Waals surface area contributed by atoms with Gasteiger partial charge in [0.15, 0.2) is 4.29 Å². The summed E-state index contributed by atoms with van der Waals surface area (Å²) in [6.45, 7) is 0. The van der Waals surface area contributed by atoms with Crippen LogP contribution in [0.1, 0.15) is 23.3 Å². The van der Waals surface area contributed by atoms with Gasteiger partial charge >= 0.3 is 0 Å². The molecule has 2 atom stereocenters. The third kappa shape index (κ3) is 8.13. The third-order valence-corrected chi connectivity index (χ3v) is 18.7. The molecule has 0 fully saturated rings. The second-order valence-corrected chi connectivity index (χ2v) is 27.8. The van der Waals surface area contributed by atoms with Crippen molar-refractivity contribution in [1.29, 1.82) is 0 Å². The van der Waals surface area contributed by atoms with E-state index in [9.17, 15) is 0 Å². The highest BCUT2D eigenvalue weighted by atomic mass is 80.0. The molecule has 0 saturated heterocycles. The van der Waals surface area contributed by atoms with Gasteiger partial charge in [-0.25, -0.2) is 0 Å². The molecule has 0 aromatic heterocycles. The zero-order chi connectivity index (χ0) is 25.8. The van der Waals surface area contributed by atoms with E-state index >= 15 is 0 Å². The average Bonchev–Trinajstić information content (AvgIpc) is 2.70. The quantitative estimate of drug-likeness (QED) is 0.168. The van der Waals surface area contributed by atoms with Crippen LogP contribution in [0.4, 0.5) is 0 Å². The lowest BCUT2D eigenvalue weighted by Gasteiger charge is -2.36. The van der Waals surface area contributed by atoms with Crippen LogP contribution in [-0.4, -0.2) is 4.29 Å². The molecule has 2 aromatic rings. The summed E-state index contributed by atoms with van der Waals surface area (Å²) in [6, 6.07) is 0. The van der Waals surface area contributed by atoms with E-state index in [1.54, 1.807) is 0 Å². The van der Waals surface area contributed by atoms with Crippen LogP contribution >= 0.6 is 255 Å². The summed E-state index contributed by atoms with van der Waals surface area (Å²) in [5, 5.41) is 0. The van der Waals surface area contributed by atoms with Crippen LogP contribution in [0.5, 0.6) is 0 Å². The Kier molecular flexibility index (Phi) is 15.0. The van der Waals surface area contributed by atoms with Gasteiger partial charge in [-0.05, 0) is 159 Å². The minimum Gasteiger partial charge on any atom is -0.359 e. The van der Waals surface area contributed by atoms with Crippen molar-refractivity contribution in [2.75, 3.05) is 0 Å². The van der Waals surface area contributed by atoms with Crippen molar-refractivity contribution in [3.63, 3.8) is 0 Å². The van der Waals surface area contributed by atoms with Crippen LogP contribution in [0.15, 0.2) is 44.7 Å². The molecule has 0 aliphatic carbocycles. The molecule has 0 spiro atoms. The number of hydrogen-bond acceptors (Lipinski definition) is 1. The van der Waals surface area contributed by atoms with Crippen LogP contribution in [-0.2, 0) is 4.74 Å². The Bertz CT molecular complexity index is 942. The van der Waals surface area contributed by atoms with Crippen molar-refractivity contribution in [3.05, 3.63) is 55.9 Å². The van der Waals surface area contributed by atoms with Gasteiger partial charge in [-0.3, -0.25) is 0 Å². The number of alkyl halides is 6. The van der Waals surface area contributed by atoms with E-state index < -0.39 is 16.5 Å². The topological polar surface area (TPSA) is 9.23 Å². The highest BCUT2D eigenvalue weighted by Crippen LogP contribution is 2.60. The summed E-state index contributed by atoms with van der Waals surface area (Å²) in [7, 11) is 0. The zero-order valence-corrected chi connectivity index (χ0v) is 40.0. The van der Waals surface area contributed by atoms with E-state index in [-0.39, 0.29) is 0 Å². The van der Waals surface area contributed by atoms with Crippen molar-refractivity contribution in [1.82, 2.24) is 0 Å². The summed E-state index contributed by atoms with van der Waals surface area (Å²) in [4.78, 5) is 0. The van der Waals surface area contributed by atoms with Gasteiger partial charge in [0, 0.05) is 55.9 Å². The lowest BCUT2D eigenvalue weighted by atomic mass is 10.1. The normalized spacial score (nSPS) is 14.5. The summed E-state index contributed by atoms with van der Waals surface area (Å²) >= 11 is 58.8. The van der Waals surface area contributed by atoms with E-state index in [2.05, 4.69) is 255 Å². The molecular formula is C16H2Br16O. The number of benzene rings is 2. The molecule has 0 amide bonds. The minimum absolute atomic E-state index is 0.598. The fraction of sp³-hybridized carbons (Fsp3) is 0.250. The average molecular weight is 1490 g/mol. The fourth-order valence-corrected chi connectivity index (χ4v) is 11.5. The standard InChI is InChI=1S/C16H2Br16O/c17-3-1(4(18)8(22)11(25)7(3)21)13(15(27,28)29)33-14(16(30,31)32)2-5(19)9(23)12(26)10(24)6(2)20/h13-14H. The Balaban J connectivity index is 2.86. The number of hydrogen-bond donors (Lipinski definition) is 0. The Morgan fingerprint density at radius 3 is 0.727 bits per heavy atom. The smallest absolute Gasteiger partial charge is 0.165 e. The van der Waals surface area contributed by atoms with E-state index in [0.29, 0.717) is 0 Å². The van der Waals surface area contributed by atoms with Gasteiger partial charge in [0.1, 0.15) is 12.2 Å². The molecule has 0 heterocycles. The summed E-state index contributed by atoms with van der Waals surface area (Å²) in [5.74, 6) is 0. The second kappa shape index (κ2) is 14.0. The van der Waals surface area contributed by atoms with E-state index in [1.165, 1.54) is 0 Å². The molecule has 17 heteroatoms. The first-order valence-corrected chi connectivity index (χ1v) is 20.3. The van der Waals surface area contributed by atoms with Crippen LogP contribution in [0.3, 0.4) is 0 Å². The Morgan fingerprint density at radius 1 is 0.364 bits per heavy atom. The highest BCUT2D eigenvalue weighted by Gasteiger charge is 2.45. The lowest BCUT2D eigenvalue weighted by molar-refractivity contribution is -0.00186. The minimum atomic E-state index is -0.843. The van der Waals surface area contributed by atoms with Crippen LogP contribution < -0.4 is 0 Å². The van der Waals surface area contributed by atoms with E-state index in [4.69, 9.17) is 4.74 Å². The van der Waals surface area contributed by atoms with Gasteiger partial charge < -0.3 is 4.74 Å². The van der Waals surface area contributed by atoms with Gasteiger partial charge in [0.25, 0.3) is 0 Å². The summed E-state index contributed by atoms with van der Waals surface area (Å²) in [6.07, 6.45) is -1.20. The van der Waals surface area contributed by atoms with Crippen molar-refractivity contribution in [2.45, 2.75) is 16.5 Å². The first kappa shape index (κ1) is 35.3. The summed E-state index contributed by atoms with van der Waals surface area (Å²) < 4.78 is 13.4. The first-order chi connectivity index (χ1) is 14.8. The third-order valence-electron chi connectivity index (χ3n) is 3.88. The van der Waals surface area contributed by atoms with Crippen molar-refractivity contribution in [3.8, 4) is 0 Å². The number of rotatable bonds is 4. The van der Waals surface area contributed by atoms with Gasteiger partial charge in [0.2, 0.25) is 0 Å². The van der Waals surface area contributed by atoms with Crippen molar-refractivity contribution < 1.29 is 4.74 Å². The maximum atomic E-state index is 6.86. The lowest BCUT2D eigenvalue weighted by Crippen LogP contribution is -2.28. The van der Waals surface area contributed by atoms with Gasteiger partial charge in [0.05, 0.1) is 0 Å². The molecule has 0 radical (unpaired) electrons. The maximum absolute atomic E-state index is 6.86. The van der Waals surface area contributed by atoms with Gasteiger partial charge in [-0.1, -0.05) is 95.6 Å². The molecule has 0 aliphatic rings. The van der Waals surface area contributed by atoms with Gasteiger partial charge in [-0.15, -0.1) is 0 Å². The molecule has 0 saturated carbocycles. The Hall–Kier alpha value is 6.08. The van der Waals surface area contributed by atoms with Crippen LogP contribution in [0.25, 0.3) is 0 Å². The molecule has 33 heavy (non-hydrogen) atoms. The number of halogens is 16. The predicted octanol–water partition coefficient (Wildman–Crippen LogP) is 15.8. The molecule has 0 bridgehead atoms. The van der Waals surface area contributed by atoms with Crippen LogP contribution in [0.2, 0.25) is 0 Å². The van der Waals surface area contributed by atoms with Gasteiger partial charge in [-0.2, -0.15) is 0 Å². The molecule has 2 aromatic carbocycles. The number of ether oxygens (including phenoxy) is 1. The molecule has 0 N–H and O–H groups in total.